The van der Waals surface area contributed by atoms with Crippen LogP contribution in [0.25, 0.3) is 0 Å². The van der Waals surface area contributed by atoms with Gasteiger partial charge >= 0.3 is 0 Å². The van der Waals surface area contributed by atoms with Gasteiger partial charge in [0.15, 0.2) is 0 Å². The molecule has 4 aliphatic carbocycles. The van der Waals surface area contributed by atoms with Gasteiger partial charge < -0.3 is 0 Å². The zero-order chi connectivity index (χ0) is 19.8. The maximum Gasteiger partial charge on any atom is -0.0233 e. The molecule has 11 atom stereocenters. The average molecular weight is 371 g/mol. The Hall–Kier alpha value is -0.260. The van der Waals surface area contributed by atoms with Crippen molar-refractivity contribution in [2.45, 2.75) is 93.4 Å². The Kier molecular flexibility index (Phi) is 4.72. The van der Waals surface area contributed by atoms with E-state index >= 15 is 0 Å². The largest absolute Gasteiger partial charge is 0.103 e. The van der Waals surface area contributed by atoms with E-state index in [1.54, 1.807) is 0 Å². The molecule has 0 aliphatic heterocycles. The molecule has 27 heavy (non-hydrogen) atoms. The highest BCUT2D eigenvalue weighted by atomic mass is 14.7. The van der Waals surface area contributed by atoms with E-state index in [9.17, 15) is 0 Å². The molecule has 0 heteroatoms. The Morgan fingerprint density at radius 3 is 2.22 bits per heavy atom. The van der Waals surface area contributed by atoms with Crippen LogP contribution < -0.4 is 0 Å². The van der Waals surface area contributed by atoms with Gasteiger partial charge in [0.25, 0.3) is 0 Å². The highest BCUT2D eigenvalue weighted by Crippen LogP contribution is 2.76. The fraction of sp³-hybridized carbons (Fsp3) is 0.926. The first-order chi connectivity index (χ1) is 12.6. The van der Waals surface area contributed by atoms with E-state index in [0.717, 1.165) is 47.3 Å². The molecule has 4 aliphatic rings. The summed E-state index contributed by atoms with van der Waals surface area (Å²) in [5.74, 6) is 7.29. The summed E-state index contributed by atoms with van der Waals surface area (Å²) in [5, 5.41) is 0. The summed E-state index contributed by atoms with van der Waals surface area (Å²) in [6.07, 6.45) is 12.3. The molecule has 11 unspecified atom stereocenters. The van der Waals surface area contributed by atoms with Crippen LogP contribution in [0.3, 0.4) is 0 Å². The van der Waals surface area contributed by atoms with Crippen molar-refractivity contribution in [3.05, 3.63) is 12.7 Å². The smallest absolute Gasteiger partial charge is 0.0233 e. The van der Waals surface area contributed by atoms with E-state index in [0.29, 0.717) is 16.2 Å². The molecule has 4 rings (SSSR count). The molecule has 0 heterocycles. The van der Waals surface area contributed by atoms with Crippen LogP contribution in [0.2, 0.25) is 0 Å². The van der Waals surface area contributed by atoms with Crippen LogP contribution in [0.1, 0.15) is 93.4 Å². The van der Waals surface area contributed by atoms with Crippen molar-refractivity contribution in [1.29, 1.82) is 0 Å². The van der Waals surface area contributed by atoms with Gasteiger partial charge in [0.2, 0.25) is 0 Å². The van der Waals surface area contributed by atoms with Crippen molar-refractivity contribution in [1.82, 2.24) is 0 Å². The Labute approximate surface area is 170 Å². The molecule has 0 N–H and O–H groups in total. The van der Waals surface area contributed by atoms with Gasteiger partial charge in [-0.2, -0.15) is 0 Å². The third kappa shape index (κ3) is 2.46. The minimum absolute atomic E-state index is 0.533. The van der Waals surface area contributed by atoms with E-state index in [4.69, 9.17) is 0 Å². The first kappa shape index (κ1) is 20.0. The highest BCUT2D eigenvalue weighted by Gasteiger charge is 2.69. The summed E-state index contributed by atoms with van der Waals surface area (Å²) >= 11 is 0. The lowest BCUT2D eigenvalue weighted by molar-refractivity contribution is -0.215. The number of hydrogen-bond acceptors (Lipinski definition) is 0. The fourth-order valence-electron chi connectivity index (χ4n) is 10.3. The zero-order valence-corrected chi connectivity index (χ0v) is 19.4. The van der Waals surface area contributed by atoms with Gasteiger partial charge in [-0.1, -0.05) is 54.5 Å². The summed E-state index contributed by atoms with van der Waals surface area (Å²) in [6.45, 7) is 22.7. The van der Waals surface area contributed by atoms with Gasteiger partial charge in [-0.25, -0.2) is 0 Å². The molecule has 0 aromatic carbocycles. The van der Waals surface area contributed by atoms with Crippen LogP contribution in [0.4, 0.5) is 0 Å². The highest BCUT2D eigenvalue weighted by molar-refractivity contribution is 5.18. The lowest BCUT2D eigenvalue weighted by Gasteiger charge is -2.70. The Morgan fingerprint density at radius 1 is 0.852 bits per heavy atom. The second-order valence-corrected chi connectivity index (χ2v) is 12.5. The van der Waals surface area contributed by atoms with Crippen LogP contribution in [0.15, 0.2) is 12.7 Å². The molecular weight excluding hydrogens is 324 g/mol. The second-order valence-electron chi connectivity index (χ2n) is 12.5. The van der Waals surface area contributed by atoms with Crippen LogP contribution in [-0.2, 0) is 0 Å². The fourth-order valence-corrected chi connectivity index (χ4v) is 10.3. The predicted molar refractivity (Wildman–Crippen MR) is 117 cm³/mol. The molecule has 4 fully saturated rings. The van der Waals surface area contributed by atoms with E-state index in [1.165, 1.54) is 44.9 Å². The zero-order valence-electron chi connectivity index (χ0n) is 19.4. The minimum atomic E-state index is 0.533. The Morgan fingerprint density at radius 2 is 1.56 bits per heavy atom. The third-order valence-corrected chi connectivity index (χ3v) is 11.6. The number of fused-ring (bicyclic) bond motifs is 5. The van der Waals surface area contributed by atoms with Crippen molar-refractivity contribution in [3.63, 3.8) is 0 Å². The molecule has 0 aromatic heterocycles. The quantitative estimate of drug-likeness (QED) is 0.432. The van der Waals surface area contributed by atoms with Gasteiger partial charge in [0.05, 0.1) is 0 Å². The van der Waals surface area contributed by atoms with E-state index in [2.05, 4.69) is 61.1 Å². The molecule has 0 amide bonds. The third-order valence-electron chi connectivity index (χ3n) is 11.6. The molecule has 4 saturated carbocycles. The topological polar surface area (TPSA) is 0 Å². The van der Waals surface area contributed by atoms with Gasteiger partial charge in [0, 0.05) is 0 Å². The first-order valence-electron chi connectivity index (χ1n) is 12.2. The number of rotatable bonds is 2. The Bertz CT molecular complexity index is 591. The van der Waals surface area contributed by atoms with Crippen molar-refractivity contribution >= 4 is 0 Å². The normalized spacial score (nSPS) is 60.3. The van der Waals surface area contributed by atoms with Crippen LogP contribution in [-0.4, -0.2) is 0 Å². The molecule has 0 saturated heterocycles. The summed E-state index contributed by atoms with van der Waals surface area (Å²) in [5.41, 5.74) is 1.65. The summed E-state index contributed by atoms with van der Waals surface area (Å²) in [4.78, 5) is 0. The van der Waals surface area contributed by atoms with Crippen molar-refractivity contribution in [2.24, 2.45) is 63.6 Å². The van der Waals surface area contributed by atoms with Gasteiger partial charge in [-0.05, 0) is 109 Å². The lowest BCUT2D eigenvalue weighted by atomic mass is 9.35. The maximum atomic E-state index is 4.12. The standard InChI is InChI=1S/C27H46/c1-9-10-21-19(4)16-27(8)23(21)15-18(3)24-25(6)13-11-17(2)20(5)22(25)12-14-26(24,27)7/h9,17-24H,1,10-16H2,2-8H3. The number of hydrogen-bond donors (Lipinski definition) is 0. The second kappa shape index (κ2) is 6.37. The molecule has 154 valence electrons. The van der Waals surface area contributed by atoms with E-state index in [-0.39, 0.29) is 0 Å². The first-order valence-corrected chi connectivity index (χ1v) is 12.2. The van der Waals surface area contributed by atoms with Crippen molar-refractivity contribution < 1.29 is 0 Å². The number of allylic oxidation sites excluding steroid dienone is 1. The lowest BCUT2D eigenvalue weighted by Crippen LogP contribution is -2.63. The van der Waals surface area contributed by atoms with E-state index < -0.39 is 0 Å². The molecule has 0 spiro atoms. The monoisotopic (exact) mass is 370 g/mol. The summed E-state index contributed by atoms with van der Waals surface area (Å²) in [7, 11) is 0. The Balaban J connectivity index is 1.76. The molecule has 0 aromatic rings. The minimum Gasteiger partial charge on any atom is -0.103 e. The van der Waals surface area contributed by atoms with E-state index in [1.807, 2.05) is 0 Å². The SMILES string of the molecule is C=CCC1C(C)CC2(C)C1CC(C)C1C3(C)CCC(C)C(C)C3CCC12C. The van der Waals surface area contributed by atoms with Gasteiger partial charge in [-0.3, -0.25) is 0 Å². The van der Waals surface area contributed by atoms with Crippen molar-refractivity contribution in [2.75, 3.05) is 0 Å². The summed E-state index contributed by atoms with van der Waals surface area (Å²) < 4.78 is 0. The summed E-state index contributed by atoms with van der Waals surface area (Å²) in [6, 6.07) is 0. The van der Waals surface area contributed by atoms with Crippen LogP contribution >= 0.6 is 0 Å². The molecule has 0 radical (unpaired) electrons. The molecule has 0 nitrogen and oxygen atoms in total. The molecular formula is C27H46. The van der Waals surface area contributed by atoms with Gasteiger partial charge in [0.1, 0.15) is 0 Å². The van der Waals surface area contributed by atoms with Crippen molar-refractivity contribution in [3.8, 4) is 0 Å². The predicted octanol–water partition coefficient (Wildman–Crippen LogP) is 7.99. The molecule has 0 bridgehead atoms. The average Bonchev–Trinajstić information content (AvgIpc) is 2.84. The van der Waals surface area contributed by atoms with Gasteiger partial charge in [-0.15, -0.1) is 6.58 Å². The maximum absolute atomic E-state index is 4.12. The van der Waals surface area contributed by atoms with Crippen LogP contribution in [0.5, 0.6) is 0 Å². The van der Waals surface area contributed by atoms with Crippen LogP contribution in [0, 0.1) is 63.6 Å².